The maximum atomic E-state index is 12.3. The molecule has 0 N–H and O–H groups in total. The van der Waals surface area contributed by atoms with E-state index in [0.29, 0.717) is 16.4 Å². The van der Waals surface area contributed by atoms with Crippen molar-refractivity contribution in [1.29, 1.82) is 0 Å². The molecule has 2 aromatic carbocycles. The molecule has 0 saturated carbocycles. The summed E-state index contributed by atoms with van der Waals surface area (Å²) in [6, 6.07) is 13.5. The lowest BCUT2D eigenvalue weighted by Gasteiger charge is -2.18. The summed E-state index contributed by atoms with van der Waals surface area (Å²) in [5.74, 6) is -0.507. The molecule has 0 atom stereocenters. The van der Waals surface area contributed by atoms with Crippen LogP contribution in [0.3, 0.4) is 0 Å². The standard InChI is InChI=1S/C23H24N2O3S/c1-5-18-6-8-21(9-7-18)25(17(4)26)23-24-20(14-29-23)13-28-22(27)19-11-15(2)10-16(3)12-19/h6-12,14H,5,13H2,1-4H3. The summed E-state index contributed by atoms with van der Waals surface area (Å²) >= 11 is 1.35. The van der Waals surface area contributed by atoms with Crippen LogP contribution in [0.25, 0.3) is 0 Å². The molecular formula is C23H24N2O3S. The number of hydrogen-bond acceptors (Lipinski definition) is 5. The number of anilines is 2. The van der Waals surface area contributed by atoms with Crippen molar-refractivity contribution in [2.24, 2.45) is 0 Å². The quantitative estimate of drug-likeness (QED) is 0.515. The van der Waals surface area contributed by atoms with Gasteiger partial charge in [0.25, 0.3) is 0 Å². The Morgan fingerprint density at radius 1 is 1.07 bits per heavy atom. The first-order valence-corrected chi connectivity index (χ1v) is 10.3. The Morgan fingerprint density at radius 2 is 1.72 bits per heavy atom. The number of ether oxygens (including phenoxy) is 1. The van der Waals surface area contributed by atoms with Gasteiger partial charge in [0.2, 0.25) is 5.91 Å². The van der Waals surface area contributed by atoms with E-state index < -0.39 is 0 Å². The van der Waals surface area contributed by atoms with Crippen LogP contribution in [0.2, 0.25) is 0 Å². The average Bonchev–Trinajstić information content (AvgIpc) is 3.14. The Hall–Kier alpha value is -2.99. The van der Waals surface area contributed by atoms with E-state index in [2.05, 4.69) is 11.9 Å². The van der Waals surface area contributed by atoms with Gasteiger partial charge in [0.1, 0.15) is 6.61 Å². The first-order chi connectivity index (χ1) is 13.9. The van der Waals surface area contributed by atoms with Crippen LogP contribution in [0.1, 0.15) is 46.6 Å². The van der Waals surface area contributed by atoms with E-state index in [1.165, 1.54) is 23.8 Å². The highest BCUT2D eigenvalue weighted by molar-refractivity contribution is 7.14. The zero-order chi connectivity index (χ0) is 21.0. The second-order valence-corrected chi connectivity index (χ2v) is 7.78. The molecule has 0 aliphatic rings. The summed E-state index contributed by atoms with van der Waals surface area (Å²) < 4.78 is 5.42. The summed E-state index contributed by atoms with van der Waals surface area (Å²) in [7, 11) is 0. The first-order valence-electron chi connectivity index (χ1n) is 9.47. The summed E-state index contributed by atoms with van der Waals surface area (Å²) in [5.41, 5.74) is 5.13. The van der Waals surface area contributed by atoms with E-state index >= 15 is 0 Å². The largest absolute Gasteiger partial charge is 0.456 e. The van der Waals surface area contributed by atoms with Gasteiger partial charge in [-0.25, -0.2) is 9.78 Å². The highest BCUT2D eigenvalue weighted by Crippen LogP contribution is 2.29. The fourth-order valence-corrected chi connectivity index (χ4v) is 3.96. The van der Waals surface area contributed by atoms with Crippen molar-refractivity contribution < 1.29 is 14.3 Å². The van der Waals surface area contributed by atoms with Crippen molar-refractivity contribution in [1.82, 2.24) is 4.98 Å². The van der Waals surface area contributed by atoms with Gasteiger partial charge >= 0.3 is 5.97 Å². The van der Waals surface area contributed by atoms with Crippen molar-refractivity contribution in [3.8, 4) is 0 Å². The van der Waals surface area contributed by atoms with Gasteiger partial charge in [0, 0.05) is 12.3 Å². The molecule has 0 unspecified atom stereocenters. The Labute approximate surface area is 175 Å². The number of carbonyl (C=O) groups is 2. The van der Waals surface area contributed by atoms with E-state index in [0.717, 1.165) is 23.2 Å². The van der Waals surface area contributed by atoms with E-state index in [9.17, 15) is 9.59 Å². The topological polar surface area (TPSA) is 59.5 Å². The van der Waals surface area contributed by atoms with Gasteiger partial charge in [-0.15, -0.1) is 11.3 Å². The molecule has 3 aromatic rings. The number of nitrogens with zero attached hydrogens (tertiary/aromatic N) is 2. The van der Waals surface area contributed by atoms with Crippen molar-refractivity contribution >= 4 is 34.0 Å². The van der Waals surface area contributed by atoms with Crippen molar-refractivity contribution in [3.05, 3.63) is 75.8 Å². The van der Waals surface area contributed by atoms with Crippen molar-refractivity contribution in [3.63, 3.8) is 0 Å². The normalized spacial score (nSPS) is 10.6. The maximum Gasteiger partial charge on any atom is 0.338 e. The lowest BCUT2D eigenvalue weighted by Crippen LogP contribution is -2.22. The minimum absolute atomic E-state index is 0.0584. The van der Waals surface area contributed by atoms with Gasteiger partial charge in [-0.05, 0) is 50.1 Å². The zero-order valence-electron chi connectivity index (χ0n) is 17.1. The Kier molecular flexibility index (Phi) is 6.44. The third kappa shape index (κ3) is 5.09. The molecule has 29 heavy (non-hydrogen) atoms. The van der Waals surface area contributed by atoms with Crippen LogP contribution in [0.5, 0.6) is 0 Å². The molecular weight excluding hydrogens is 384 g/mol. The number of aryl methyl sites for hydroxylation is 3. The molecule has 1 heterocycles. The average molecular weight is 409 g/mol. The number of benzene rings is 2. The predicted octanol–water partition coefficient (Wildman–Crippen LogP) is 5.36. The smallest absolute Gasteiger partial charge is 0.338 e. The molecule has 0 spiro atoms. The molecule has 0 aliphatic carbocycles. The van der Waals surface area contributed by atoms with E-state index in [4.69, 9.17) is 4.74 Å². The first kappa shape index (κ1) is 20.7. The minimum atomic E-state index is -0.384. The van der Waals surface area contributed by atoms with Crippen LogP contribution in [0.4, 0.5) is 10.8 Å². The summed E-state index contributed by atoms with van der Waals surface area (Å²) in [6.45, 7) is 7.54. The van der Waals surface area contributed by atoms with E-state index in [1.807, 2.05) is 44.2 Å². The number of amides is 1. The van der Waals surface area contributed by atoms with Crippen LogP contribution in [-0.2, 0) is 22.6 Å². The Balaban J connectivity index is 1.72. The van der Waals surface area contributed by atoms with Gasteiger partial charge in [-0.3, -0.25) is 9.69 Å². The fraction of sp³-hybridized carbons (Fsp3) is 0.261. The van der Waals surface area contributed by atoms with Crippen LogP contribution < -0.4 is 4.90 Å². The number of aromatic nitrogens is 1. The van der Waals surface area contributed by atoms with Crippen LogP contribution in [-0.4, -0.2) is 16.9 Å². The molecule has 0 saturated heterocycles. The molecule has 150 valence electrons. The number of carbonyl (C=O) groups excluding carboxylic acids is 2. The summed E-state index contributed by atoms with van der Waals surface area (Å²) in [5, 5.41) is 2.36. The van der Waals surface area contributed by atoms with Gasteiger partial charge < -0.3 is 4.74 Å². The lowest BCUT2D eigenvalue weighted by atomic mass is 10.1. The monoisotopic (exact) mass is 408 g/mol. The predicted molar refractivity (Wildman–Crippen MR) is 116 cm³/mol. The van der Waals surface area contributed by atoms with Gasteiger partial charge in [-0.1, -0.05) is 36.2 Å². The lowest BCUT2D eigenvalue weighted by molar-refractivity contribution is -0.115. The SMILES string of the molecule is CCc1ccc(N(C(C)=O)c2nc(COC(=O)c3cc(C)cc(C)c3)cs2)cc1. The molecule has 5 nitrogen and oxygen atoms in total. The number of thiazole rings is 1. The highest BCUT2D eigenvalue weighted by Gasteiger charge is 2.18. The number of hydrogen-bond donors (Lipinski definition) is 0. The van der Waals surface area contributed by atoms with Crippen LogP contribution in [0.15, 0.2) is 47.8 Å². The molecule has 6 heteroatoms. The van der Waals surface area contributed by atoms with E-state index in [1.54, 1.807) is 22.4 Å². The third-order valence-electron chi connectivity index (χ3n) is 4.46. The molecule has 0 aliphatic heterocycles. The molecule has 3 rings (SSSR count). The van der Waals surface area contributed by atoms with Crippen molar-refractivity contribution in [2.75, 3.05) is 4.90 Å². The molecule has 1 aromatic heterocycles. The molecule has 0 bridgehead atoms. The Morgan fingerprint density at radius 3 is 2.31 bits per heavy atom. The zero-order valence-corrected chi connectivity index (χ0v) is 17.9. The second kappa shape index (κ2) is 9.01. The van der Waals surface area contributed by atoms with Crippen LogP contribution in [0, 0.1) is 13.8 Å². The van der Waals surface area contributed by atoms with Crippen LogP contribution >= 0.6 is 11.3 Å². The van der Waals surface area contributed by atoms with E-state index in [-0.39, 0.29) is 18.5 Å². The maximum absolute atomic E-state index is 12.3. The summed E-state index contributed by atoms with van der Waals surface area (Å²) in [6.07, 6.45) is 0.938. The highest BCUT2D eigenvalue weighted by atomic mass is 32.1. The molecule has 0 fully saturated rings. The third-order valence-corrected chi connectivity index (χ3v) is 5.33. The Bertz CT molecular complexity index is 1000. The molecule has 1 amide bonds. The summed E-state index contributed by atoms with van der Waals surface area (Å²) in [4.78, 5) is 30.6. The van der Waals surface area contributed by atoms with Crippen molar-refractivity contribution in [2.45, 2.75) is 40.7 Å². The second-order valence-electron chi connectivity index (χ2n) is 6.95. The number of esters is 1. The minimum Gasteiger partial charge on any atom is -0.456 e. The molecule has 0 radical (unpaired) electrons. The van der Waals surface area contributed by atoms with Gasteiger partial charge in [0.05, 0.1) is 16.9 Å². The fourth-order valence-electron chi connectivity index (χ4n) is 3.09. The number of rotatable bonds is 6. The van der Waals surface area contributed by atoms with Gasteiger partial charge in [0.15, 0.2) is 5.13 Å². The van der Waals surface area contributed by atoms with Gasteiger partial charge in [-0.2, -0.15) is 0 Å².